The fraction of sp³-hybridized carbons (Fsp3) is 0.167. The smallest absolute Gasteiger partial charge is 0.293 e. The van der Waals surface area contributed by atoms with Gasteiger partial charge < -0.3 is 14.5 Å². The van der Waals surface area contributed by atoms with Crippen molar-refractivity contribution in [3.8, 4) is 5.75 Å². The molecule has 1 amide bonds. The molecule has 7 nitrogen and oxygen atoms in total. The van der Waals surface area contributed by atoms with Crippen LogP contribution in [0, 0.1) is 6.92 Å². The second-order valence-electron chi connectivity index (χ2n) is 4.02. The molecule has 0 aliphatic rings. The highest BCUT2D eigenvalue weighted by molar-refractivity contribution is 8.13. The van der Waals surface area contributed by atoms with Gasteiger partial charge >= 0.3 is 0 Å². The summed E-state index contributed by atoms with van der Waals surface area (Å²) in [5.74, 6) is -0.409. The number of carbonyl (C=O) groups excluding carboxylic acids is 1. The lowest BCUT2D eigenvalue weighted by atomic mass is 10.2. The molecule has 0 radical (unpaired) electrons. The van der Waals surface area contributed by atoms with E-state index in [1.54, 1.807) is 6.92 Å². The summed E-state index contributed by atoms with van der Waals surface area (Å²) in [6.45, 7) is 1.63. The number of hydrogen-bond acceptors (Lipinski definition) is 6. The number of aryl methyl sites for hydroxylation is 1. The first kappa shape index (κ1) is 15.3. The van der Waals surface area contributed by atoms with Gasteiger partial charge in [-0.15, -0.1) is 0 Å². The minimum atomic E-state index is -3.93. The highest BCUT2D eigenvalue weighted by Crippen LogP contribution is 2.29. The van der Waals surface area contributed by atoms with Crippen LogP contribution in [0.25, 0.3) is 0 Å². The van der Waals surface area contributed by atoms with Gasteiger partial charge in [-0.3, -0.25) is 4.79 Å². The third-order valence-corrected chi connectivity index (χ3v) is 4.00. The minimum Gasteiger partial charge on any atom is -0.495 e. The molecule has 0 spiro atoms. The highest BCUT2D eigenvalue weighted by atomic mass is 35.7. The lowest BCUT2D eigenvalue weighted by Crippen LogP contribution is -2.12. The monoisotopic (exact) mass is 330 g/mol. The van der Waals surface area contributed by atoms with Crippen LogP contribution in [-0.2, 0) is 9.05 Å². The quantitative estimate of drug-likeness (QED) is 0.863. The SMILES string of the molecule is COc1cc(NC(=O)c2ocnc2C)ccc1S(=O)(=O)Cl. The molecule has 0 unspecified atom stereocenters. The van der Waals surface area contributed by atoms with Crippen LogP contribution in [0.1, 0.15) is 16.2 Å². The molecule has 1 heterocycles. The second-order valence-corrected chi connectivity index (χ2v) is 6.56. The Kier molecular flexibility index (Phi) is 4.19. The second kappa shape index (κ2) is 5.74. The molecule has 0 fully saturated rings. The summed E-state index contributed by atoms with van der Waals surface area (Å²) in [5, 5.41) is 2.55. The molecule has 9 heteroatoms. The summed E-state index contributed by atoms with van der Waals surface area (Å²) in [7, 11) is 2.65. The predicted molar refractivity (Wildman–Crippen MR) is 75.2 cm³/mol. The Morgan fingerprint density at radius 3 is 2.67 bits per heavy atom. The van der Waals surface area contributed by atoms with E-state index < -0.39 is 15.0 Å². The first-order valence-electron chi connectivity index (χ1n) is 5.67. The fourth-order valence-corrected chi connectivity index (χ4v) is 2.65. The van der Waals surface area contributed by atoms with Crippen LogP contribution in [0.2, 0.25) is 0 Å². The van der Waals surface area contributed by atoms with Gasteiger partial charge in [0.1, 0.15) is 10.6 Å². The number of carbonyl (C=O) groups is 1. The van der Waals surface area contributed by atoms with Crippen LogP contribution >= 0.6 is 10.7 Å². The average Bonchev–Trinajstić information content (AvgIpc) is 2.83. The van der Waals surface area contributed by atoms with Gasteiger partial charge in [-0.1, -0.05) is 0 Å². The molecule has 0 bridgehead atoms. The van der Waals surface area contributed by atoms with E-state index in [9.17, 15) is 13.2 Å². The number of amides is 1. The molecule has 0 aliphatic heterocycles. The summed E-state index contributed by atoms with van der Waals surface area (Å²) in [5.41, 5.74) is 0.774. The summed E-state index contributed by atoms with van der Waals surface area (Å²) >= 11 is 0. The lowest BCUT2D eigenvalue weighted by molar-refractivity contribution is 0.0996. The Bertz CT molecular complexity index is 785. The Morgan fingerprint density at radius 2 is 2.14 bits per heavy atom. The average molecular weight is 331 g/mol. The van der Waals surface area contributed by atoms with Crippen molar-refractivity contribution in [2.24, 2.45) is 0 Å². The van der Waals surface area contributed by atoms with E-state index in [-0.39, 0.29) is 16.4 Å². The van der Waals surface area contributed by atoms with Gasteiger partial charge in [0.05, 0.1) is 12.8 Å². The van der Waals surface area contributed by atoms with Gasteiger partial charge in [-0.05, 0) is 19.1 Å². The van der Waals surface area contributed by atoms with Crippen molar-refractivity contribution in [3.63, 3.8) is 0 Å². The maximum absolute atomic E-state index is 11.9. The van der Waals surface area contributed by atoms with E-state index in [1.807, 2.05) is 0 Å². The number of ether oxygens (including phenoxy) is 1. The van der Waals surface area contributed by atoms with E-state index >= 15 is 0 Å². The Labute approximate surface area is 125 Å². The molecule has 21 heavy (non-hydrogen) atoms. The van der Waals surface area contributed by atoms with Crippen LogP contribution in [-0.4, -0.2) is 26.4 Å². The van der Waals surface area contributed by atoms with Gasteiger partial charge in [0.25, 0.3) is 15.0 Å². The molecule has 0 atom stereocenters. The lowest BCUT2D eigenvalue weighted by Gasteiger charge is -2.09. The number of hydrogen-bond donors (Lipinski definition) is 1. The fourth-order valence-electron chi connectivity index (χ4n) is 1.65. The van der Waals surface area contributed by atoms with E-state index in [2.05, 4.69) is 10.3 Å². The number of benzene rings is 1. The summed E-state index contributed by atoms with van der Waals surface area (Å²) in [4.78, 5) is 15.6. The molecule has 1 aromatic carbocycles. The molecule has 0 aliphatic carbocycles. The van der Waals surface area contributed by atoms with Gasteiger partial charge in [0.15, 0.2) is 6.39 Å². The maximum atomic E-state index is 11.9. The highest BCUT2D eigenvalue weighted by Gasteiger charge is 2.19. The van der Waals surface area contributed by atoms with E-state index in [1.165, 1.54) is 25.3 Å². The molecule has 0 saturated heterocycles. The number of nitrogens with one attached hydrogen (secondary N) is 1. The molecule has 1 N–H and O–H groups in total. The van der Waals surface area contributed by atoms with Crippen LogP contribution < -0.4 is 10.1 Å². The minimum absolute atomic E-state index is 0.0251. The van der Waals surface area contributed by atoms with Crippen molar-refractivity contribution in [2.45, 2.75) is 11.8 Å². The molecule has 2 rings (SSSR count). The normalized spacial score (nSPS) is 11.2. The third kappa shape index (κ3) is 3.34. The largest absolute Gasteiger partial charge is 0.495 e. The van der Waals surface area contributed by atoms with Crippen molar-refractivity contribution in [1.82, 2.24) is 4.98 Å². The molecule has 112 valence electrons. The zero-order chi connectivity index (χ0) is 15.6. The topological polar surface area (TPSA) is 98.5 Å². The van der Waals surface area contributed by atoms with Crippen molar-refractivity contribution >= 4 is 31.3 Å². The molecular weight excluding hydrogens is 320 g/mol. The van der Waals surface area contributed by atoms with Crippen molar-refractivity contribution in [3.05, 3.63) is 36.0 Å². The number of halogens is 1. The van der Waals surface area contributed by atoms with Crippen molar-refractivity contribution in [1.29, 1.82) is 0 Å². The third-order valence-electron chi connectivity index (χ3n) is 2.64. The zero-order valence-corrected chi connectivity index (χ0v) is 12.7. The Morgan fingerprint density at radius 1 is 1.43 bits per heavy atom. The Balaban J connectivity index is 2.30. The molecule has 0 saturated carbocycles. The Hall–Kier alpha value is -2.06. The molecular formula is C12H11ClN2O5S. The van der Waals surface area contributed by atoms with Gasteiger partial charge in [-0.25, -0.2) is 13.4 Å². The van der Waals surface area contributed by atoms with E-state index in [0.717, 1.165) is 6.39 Å². The summed E-state index contributed by atoms with van der Waals surface area (Å²) in [6.07, 6.45) is 1.16. The summed E-state index contributed by atoms with van der Waals surface area (Å²) in [6, 6.07) is 3.98. The summed E-state index contributed by atoms with van der Waals surface area (Å²) < 4.78 is 32.6. The molecule has 1 aromatic heterocycles. The van der Waals surface area contributed by atoms with E-state index in [0.29, 0.717) is 11.4 Å². The van der Waals surface area contributed by atoms with Crippen LogP contribution in [0.15, 0.2) is 33.9 Å². The molecule has 2 aromatic rings. The maximum Gasteiger partial charge on any atom is 0.293 e. The van der Waals surface area contributed by atoms with Crippen molar-refractivity contribution < 1.29 is 22.4 Å². The van der Waals surface area contributed by atoms with E-state index in [4.69, 9.17) is 19.8 Å². The first-order chi connectivity index (χ1) is 9.82. The number of anilines is 1. The van der Waals surface area contributed by atoms with Crippen LogP contribution in [0.4, 0.5) is 5.69 Å². The zero-order valence-electron chi connectivity index (χ0n) is 11.1. The van der Waals surface area contributed by atoms with Gasteiger partial charge in [0.2, 0.25) is 5.76 Å². The van der Waals surface area contributed by atoms with Gasteiger partial charge in [-0.2, -0.15) is 0 Å². The predicted octanol–water partition coefficient (Wildman–Crippen LogP) is 2.17. The number of oxazole rings is 1. The van der Waals surface area contributed by atoms with Crippen molar-refractivity contribution in [2.75, 3.05) is 12.4 Å². The number of rotatable bonds is 4. The standard InChI is InChI=1S/C12H11ClN2O5S/c1-7-11(20-6-14-7)12(16)15-8-3-4-10(21(13,17)18)9(5-8)19-2/h3-6H,1-2H3,(H,15,16). The van der Waals surface area contributed by atoms with Crippen LogP contribution in [0.5, 0.6) is 5.75 Å². The first-order valence-corrected chi connectivity index (χ1v) is 7.98. The number of aromatic nitrogens is 1. The van der Waals surface area contributed by atoms with Gasteiger partial charge in [0, 0.05) is 22.4 Å². The van der Waals surface area contributed by atoms with Crippen LogP contribution in [0.3, 0.4) is 0 Å². The number of nitrogens with zero attached hydrogens (tertiary/aromatic N) is 1. The number of methoxy groups -OCH3 is 1.